The molecule has 0 bridgehead atoms. The number of hydrogen-bond donors (Lipinski definition) is 2. The molecule has 16 heavy (non-hydrogen) atoms. The zero-order chi connectivity index (χ0) is 11.6. The van der Waals surface area contributed by atoms with E-state index in [1.54, 1.807) is 6.92 Å². The summed E-state index contributed by atoms with van der Waals surface area (Å²) in [5.74, 6) is 0.664. The number of carbonyl (C=O) groups excluding carboxylic acids is 1. The van der Waals surface area contributed by atoms with Crippen LogP contribution in [0.4, 0.5) is 0 Å². The molecule has 88 valence electrons. The van der Waals surface area contributed by atoms with Gasteiger partial charge in [-0.15, -0.1) is 0 Å². The lowest BCUT2D eigenvalue weighted by molar-refractivity contribution is -0.126. The highest BCUT2D eigenvalue weighted by atomic mass is 16.5. The van der Waals surface area contributed by atoms with Crippen molar-refractivity contribution >= 4 is 5.91 Å². The van der Waals surface area contributed by atoms with E-state index < -0.39 is 5.54 Å². The molecule has 0 saturated carbocycles. The van der Waals surface area contributed by atoms with E-state index in [-0.39, 0.29) is 19.1 Å². The Hall–Kier alpha value is -1.47. The largest absolute Gasteiger partial charge is 0.379 e. The summed E-state index contributed by atoms with van der Waals surface area (Å²) in [5.41, 5.74) is 4.95. The first-order valence-electron chi connectivity index (χ1n) is 5.04. The third-order valence-corrected chi connectivity index (χ3v) is 2.48. The van der Waals surface area contributed by atoms with Crippen molar-refractivity contribution in [3.8, 4) is 0 Å². The van der Waals surface area contributed by atoms with Gasteiger partial charge in [-0.2, -0.15) is 4.98 Å². The molecule has 0 aliphatic carbocycles. The van der Waals surface area contributed by atoms with Crippen LogP contribution in [0.25, 0.3) is 0 Å². The number of nitrogens with one attached hydrogen (secondary N) is 1. The van der Waals surface area contributed by atoms with E-state index in [1.165, 1.54) is 0 Å². The van der Waals surface area contributed by atoms with Gasteiger partial charge < -0.3 is 20.3 Å². The molecule has 0 radical (unpaired) electrons. The summed E-state index contributed by atoms with van der Waals surface area (Å²) in [6.07, 6.45) is 0.532. The Labute approximate surface area is 92.3 Å². The lowest BCUT2D eigenvalue weighted by Crippen LogP contribution is -2.54. The molecular weight excluding hydrogens is 212 g/mol. The number of aromatic nitrogens is 2. The van der Waals surface area contributed by atoms with Crippen LogP contribution in [0.15, 0.2) is 4.52 Å². The predicted octanol–water partition coefficient (Wildman–Crippen LogP) is -0.888. The van der Waals surface area contributed by atoms with E-state index in [4.69, 9.17) is 15.0 Å². The molecule has 2 rings (SSSR count). The maximum absolute atomic E-state index is 11.7. The lowest BCUT2D eigenvalue weighted by Gasteiger charge is -2.19. The van der Waals surface area contributed by atoms with Crippen LogP contribution in [0.1, 0.15) is 18.1 Å². The summed E-state index contributed by atoms with van der Waals surface area (Å²) in [6, 6.07) is 0. The van der Waals surface area contributed by atoms with Crippen LogP contribution in [0.3, 0.4) is 0 Å². The van der Waals surface area contributed by atoms with Crippen molar-refractivity contribution in [3.63, 3.8) is 0 Å². The summed E-state index contributed by atoms with van der Waals surface area (Å²) in [5, 5.41) is 6.33. The normalized spacial score (nSPS) is 24.6. The van der Waals surface area contributed by atoms with Crippen LogP contribution >= 0.6 is 0 Å². The predicted molar refractivity (Wildman–Crippen MR) is 53.2 cm³/mol. The summed E-state index contributed by atoms with van der Waals surface area (Å²) in [4.78, 5) is 15.7. The molecule has 7 heteroatoms. The van der Waals surface area contributed by atoms with Gasteiger partial charge in [-0.3, -0.25) is 4.79 Å². The first kappa shape index (κ1) is 11.0. The second kappa shape index (κ2) is 4.18. The maximum Gasteiger partial charge on any atom is 0.242 e. The molecule has 1 amide bonds. The van der Waals surface area contributed by atoms with Gasteiger partial charge in [0.25, 0.3) is 0 Å². The quantitative estimate of drug-likeness (QED) is 0.693. The van der Waals surface area contributed by atoms with Crippen LogP contribution < -0.4 is 11.1 Å². The van der Waals surface area contributed by atoms with Crippen LogP contribution in [0, 0.1) is 6.92 Å². The lowest BCUT2D eigenvalue weighted by atomic mass is 9.99. The van der Waals surface area contributed by atoms with Crippen LogP contribution in [-0.4, -0.2) is 34.8 Å². The third-order valence-electron chi connectivity index (χ3n) is 2.48. The van der Waals surface area contributed by atoms with Gasteiger partial charge >= 0.3 is 0 Å². The van der Waals surface area contributed by atoms with Crippen LogP contribution in [-0.2, 0) is 16.1 Å². The van der Waals surface area contributed by atoms with Crippen LogP contribution in [0.2, 0.25) is 0 Å². The highest BCUT2D eigenvalue weighted by molar-refractivity contribution is 5.86. The van der Waals surface area contributed by atoms with E-state index in [0.717, 1.165) is 0 Å². The summed E-state index contributed by atoms with van der Waals surface area (Å²) in [6.45, 7) is 2.68. The van der Waals surface area contributed by atoms with Gasteiger partial charge in [0.2, 0.25) is 11.8 Å². The fourth-order valence-electron chi connectivity index (χ4n) is 1.51. The SMILES string of the molecule is Cc1nc(CNC(=O)C2(N)CCOC2)no1. The highest BCUT2D eigenvalue weighted by Gasteiger charge is 2.38. The van der Waals surface area contributed by atoms with E-state index in [2.05, 4.69) is 15.5 Å². The van der Waals surface area contributed by atoms with Crippen molar-refractivity contribution in [2.45, 2.75) is 25.4 Å². The van der Waals surface area contributed by atoms with E-state index >= 15 is 0 Å². The number of ether oxygens (including phenoxy) is 1. The Kier molecular flexibility index (Phi) is 2.88. The van der Waals surface area contributed by atoms with E-state index in [9.17, 15) is 4.79 Å². The van der Waals surface area contributed by atoms with Gasteiger partial charge in [0.15, 0.2) is 5.82 Å². The molecule has 1 aromatic heterocycles. The molecule has 7 nitrogen and oxygen atoms in total. The summed E-state index contributed by atoms with van der Waals surface area (Å²) >= 11 is 0. The second-order valence-corrected chi connectivity index (χ2v) is 3.87. The summed E-state index contributed by atoms with van der Waals surface area (Å²) < 4.78 is 9.88. The number of carbonyl (C=O) groups is 1. The van der Waals surface area contributed by atoms with Gasteiger partial charge in [-0.1, -0.05) is 5.16 Å². The molecule has 1 aliphatic heterocycles. The first-order valence-corrected chi connectivity index (χ1v) is 5.04. The van der Waals surface area contributed by atoms with Crippen LogP contribution in [0.5, 0.6) is 0 Å². The minimum atomic E-state index is -0.918. The maximum atomic E-state index is 11.7. The van der Waals surface area contributed by atoms with Gasteiger partial charge in [0, 0.05) is 13.5 Å². The Morgan fingerprint density at radius 2 is 2.50 bits per heavy atom. The van der Waals surface area contributed by atoms with Gasteiger partial charge in [-0.05, 0) is 6.42 Å². The van der Waals surface area contributed by atoms with E-state index in [0.29, 0.717) is 24.7 Å². The molecule has 1 atom stereocenters. The molecule has 0 aromatic carbocycles. The standard InChI is InChI=1S/C9H14N4O3/c1-6-12-7(13-16-6)4-11-8(14)9(10)2-3-15-5-9/h2-5,10H2,1H3,(H,11,14). The number of rotatable bonds is 3. The average molecular weight is 226 g/mol. The van der Waals surface area contributed by atoms with Crippen molar-refractivity contribution < 1.29 is 14.1 Å². The van der Waals surface area contributed by atoms with Crippen molar-refractivity contribution in [2.24, 2.45) is 5.73 Å². The number of nitrogens with zero attached hydrogens (tertiary/aromatic N) is 2. The number of nitrogens with two attached hydrogens (primary N) is 1. The Morgan fingerprint density at radius 3 is 3.06 bits per heavy atom. The molecule has 2 heterocycles. The zero-order valence-electron chi connectivity index (χ0n) is 9.02. The molecule has 1 aromatic rings. The minimum Gasteiger partial charge on any atom is -0.379 e. The summed E-state index contributed by atoms with van der Waals surface area (Å²) in [7, 11) is 0. The molecular formula is C9H14N4O3. The second-order valence-electron chi connectivity index (χ2n) is 3.87. The number of amides is 1. The third kappa shape index (κ3) is 2.20. The Morgan fingerprint density at radius 1 is 1.69 bits per heavy atom. The van der Waals surface area contributed by atoms with Crippen molar-refractivity contribution in [2.75, 3.05) is 13.2 Å². The smallest absolute Gasteiger partial charge is 0.242 e. The Bertz CT molecular complexity index is 384. The zero-order valence-corrected chi connectivity index (χ0v) is 9.02. The Balaban J connectivity index is 1.88. The number of hydrogen-bond acceptors (Lipinski definition) is 6. The fraction of sp³-hybridized carbons (Fsp3) is 0.667. The molecule has 1 aliphatic rings. The van der Waals surface area contributed by atoms with E-state index in [1.807, 2.05) is 0 Å². The number of aryl methyl sites for hydroxylation is 1. The molecule has 1 unspecified atom stereocenters. The highest BCUT2D eigenvalue weighted by Crippen LogP contribution is 2.15. The van der Waals surface area contributed by atoms with Crippen molar-refractivity contribution in [3.05, 3.63) is 11.7 Å². The van der Waals surface area contributed by atoms with Gasteiger partial charge in [0.1, 0.15) is 5.54 Å². The molecule has 1 saturated heterocycles. The molecule has 3 N–H and O–H groups in total. The average Bonchev–Trinajstić information content (AvgIpc) is 2.85. The topological polar surface area (TPSA) is 103 Å². The van der Waals surface area contributed by atoms with Crippen molar-refractivity contribution in [1.82, 2.24) is 15.5 Å². The first-order chi connectivity index (χ1) is 7.60. The fourth-order valence-corrected chi connectivity index (χ4v) is 1.51. The monoisotopic (exact) mass is 226 g/mol. The van der Waals surface area contributed by atoms with Gasteiger partial charge in [-0.25, -0.2) is 0 Å². The molecule has 0 spiro atoms. The molecule has 1 fully saturated rings. The van der Waals surface area contributed by atoms with Gasteiger partial charge in [0.05, 0.1) is 13.2 Å². The van der Waals surface area contributed by atoms with Crippen molar-refractivity contribution in [1.29, 1.82) is 0 Å². The minimum absolute atomic E-state index is 0.217.